The van der Waals surface area contributed by atoms with E-state index in [1.807, 2.05) is 31.0 Å². The Hall–Kier alpha value is -1.18. The van der Waals surface area contributed by atoms with Crippen LogP contribution in [0.15, 0.2) is 22.9 Å². The van der Waals surface area contributed by atoms with E-state index < -0.39 is 0 Å². The van der Waals surface area contributed by atoms with Crippen LogP contribution >= 0.6 is 15.9 Å². The van der Waals surface area contributed by atoms with E-state index in [0.717, 1.165) is 15.9 Å². The molecule has 6 nitrogen and oxygen atoms in total. The van der Waals surface area contributed by atoms with Gasteiger partial charge in [-0.15, -0.1) is 0 Å². The number of nitrogens with one attached hydrogen (secondary N) is 1. The normalized spacial score (nSPS) is 12.8. The molecule has 0 amide bonds. The third kappa shape index (κ3) is 3.05. The van der Waals surface area contributed by atoms with E-state index in [1.165, 1.54) is 0 Å². The average Bonchev–Trinajstić information content (AvgIpc) is 2.97. The molecule has 0 saturated heterocycles. The van der Waals surface area contributed by atoms with Gasteiger partial charge in [0.2, 0.25) is 0 Å². The van der Waals surface area contributed by atoms with Crippen LogP contribution in [0.5, 0.6) is 0 Å². The van der Waals surface area contributed by atoms with E-state index in [4.69, 9.17) is 4.74 Å². The summed E-state index contributed by atoms with van der Waals surface area (Å²) in [5.41, 5.74) is 2.02. The number of rotatable bonds is 6. The molecule has 0 aliphatic carbocycles. The van der Waals surface area contributed by atoms with Gasteiger partial charge in [-0.25, -0.2) is 0 Å². The van der Waals surface area contributed by atoms with Crippen LogP contribution in [-0.2, 0) is 18.3 Å². The van der Waals surface area contributed by atoms with Gasteiger partial charge in [0.1, 0.15) is 0 Å². The molecule has 0 aromatic carbocycles. The molecule has 2 rings (SSSR count). The summed E-state index contributed by atoms with van der Waals surface area (Å²) in [5.74, 6) is 0. The molecule has 1 atom stereocenters. The summed E-state index contributed by atoms with van der Waals surface area (Å²) in [6.45, 7) is 1.34. The fourth-order valence-electron chi connectivity index (χ4n) is 2.03. The van der Waals surface area contributed by atoms with Crippen LogP contribution in [0.2, 0.25) is 0 Å². The van der Waals surface area contributed by atoms with Crippen LogP contribution in [0.3, 0.4) is 0 Å². The molecule has 7 heteroatoms. The highest BCUT2D eigenvalue weighted by molar-refractivity contribution is 9.10. The Morgan fingerprint density at radius 2 is 2.32 bits per heavy atom. The average molecular weight is 328 g/mol. The van der Waals surface area contributed by atoms with Crippen molar-refractivity contribution in [2.45, 2.75) is 12.6 Å². The standard InChI is InChI=1S/C12H18BrN5O/c1-14-11(10-4-5-17(2)16-10)12-9(13)8-15-18(12)6-7-19-3/h4-5,8,11,14H,6-7H2,1-3H3. The Kier molecular flexibility index (Phi) is 4.73. The van der Waals surface area contributed by atoms with Gasteiger partial charge < -0.3 is 10.1 Å². The smallest absolute Gasteiger partial charge is 0.0949 e. The highest BCUT2D eigenvalue weighted by Gasteiger charge is 2.22. The quantitative estimate of drug-likeness (QED) is 0.869. The molecule has 19 heavy (non-hydrogen) atoms. The van der Waals surface area contributed by atoms with Gasteiger partial charge in [0.25, 0.3) is 0 Å². The fourth-order valence-corrected chi connectivity index (χ4v) is 2.55. The van der Waals surface area contributed by atoms with Crippen molar-refractivity contribution in [2.24, 2.45) is 7.05 Å². The van der Waals surface area contributed by atoms with Crippen molar-refractivity contribution in [1.29, 1.82) is 0 Å². The molecule has 2 aromatic heterocycles. The van der Waals surface area contributed by atoms with Crippen LogP contribution in [0.4, 0.5) is 0 Å². The predicted molar refractivity (Wildman–Crippen MR) is 75.9 cm³/mol. The second-order valence-corrected chi connectivity index (χ2v) is 5.08. The lowest BCUT2D eigenvalue weighted by Gasteiger charge is -2.17. The molecule has 2 aromatic rings. The van der Waals surface area contributed by atoms with E-state index >= 15 is 0 Å². The van der Waals surface area contributed by atoms with Crippen LogP contribution in [0.25, 0.3) is 0 Å². The zero-order chi connectivity index (χ0) is 13.8. The number of hydrogen-bond acceptors (Lipinski definition) is 4. The Morgan fingerprint density at radius 1 is 1.53 bits per heavy atom. The maximum Gasteiger partial charge on any atom is 0.0949 e. The lowest BCUT2D eigenvalue weighted by molar-refractivity contribution is 0.182. The topological polar surface area (TPSA) is 56.9 Å². The number of hydrogen-bond donors (Lipinski definition) is 1. The van der Waals surface area contributed by atoms with Gasteiger partial charge in [0.15, 0.2) is 0 Å². The number of ether oxygens (including phenoxy) is 1. The fraction of sp³-hybridized carbons (Fsp3) is 0.500. The minimum absolute atomic E-state index is 0.00469. The first kappa shape index (κ1) is 14.2. The summed E-state index contributed by atoms with van der Waals surface area (Å²) in [6.07, 6.45) is 3.74. The molecule has 0 radical (unpaired) electrons. The molecular formula is C12H18BrN5O. The second-order valence-electron chi connectivity index (χ2n) is 4.23. The van der Waals surface area contributed by atoms with E-state index in [9.17, 15) is 0 Å². The van der Waals surface area contributed by atoms with Crippen molar-refractivity contribution in [3.63, 3.8) is 0 Å². The molecule has 0 fully saturated rings. The van der Waals surface area contributed by atoms with Gasteiger partial charge >= 0.3 is 0 Å². The minimum atomic E-state index is -0.00469. The van der Waals surface area contributed by atoms with Gasteiger partial charge in [-0.1, -0.05) is 0 Å². The van der Waals surface area contributed by atoms with E-state index in [0.29, 0.717) is 13.2 Å². The third-order valence-corrected chi connectivity index (χ3v) is 3.54. The number of halogens is 1. The Morgan fingerprint density at radius 3 is 2.89 bits per heavy atom. The molecule has 104 valence electrons. The zero-order valence-corrected chi connectivity index (χ0v) is 12.9. The van der Waals surface area contributed by atoms with Crippen molar-refractivity contribution in [3.05, 3.63) is 34.3 Å². The summed E-state index contributed by atoms with van der Waals surface area (Å²) in [4.78, 5) is 0. The largest absolute Gasteiger partial charge is 0.383 e. The summed E-state index contributed by atoms with van der Waals surface area (Å²) in [6, 6.07) is 2.00. The molecular weight excluding hydrogens is 310 g/mol. The predicted octanol–water partition coefficient (Wildman–Crippen LogP) is 1.33. The van der Waals surface area contributed by atoms with Gasteiger partial charge in [-0.2, -0.15) is 10.2 Å². The van der Waals surface area contributed by atoms with Crippen molar-refractivity contribution >= 4 is 15.9 Å². The van der Waals surface area contributed by atoms with Crippen molar-refractivity contribution in [1.82, 2.24) is 24.9 Å². The molecule has 0 spiro atoms. The number of aryl methyl sites for hydroxylation is 1. The molecule has 0 aliphatic heterocycles. The van der Waals surface area contributed by atoms with Crippen LogP contribution in [0, 0.1) is 0 Å². The van der Waals surface area contributed by atoms with Gasteiger partial charge in [-0.3, -0.25) is 9.36 Å². The Labute approximate surface area is 120 Å². The van der Waals surface area contributed by atoms with E-state index in [1.54, 1.807) is 18.0 Å². The number of methoxy groups -OCH3 is 1. The number of aromatic nitrogens is 4. The first-order valence-corrected chi connectivity index (χ1v) is 6.83. The molecule has 1 N–H and O–H groups in total. The van der Waals surface area contributed by atoms with Gasteiger partial charge in [0, 0.05) is 20.4 Å². The third-order valence-electron chi connectivity index (χ3n) is 2.93. The lowest BCUT2D eigenvalue weighted by atomic mass is 10.1. The Bertz CT molecular complexity index is 536. The van der Waals surface area contributed by atoms with Gasteiger partial charge in [-0.05, 0) is 29.0 Å². The minimum Gasteiger partial charge on any atom is -0.383 e. The molecule has 0 aliphatic rings. The van der Waals surface area contributed by atoms with Crippen molar-refractivity contribution in [3.8, 4) is 0 Å². The number of nitrogens with zero attached hydrogens (tertiary/aromatic N) is 4. The van der Waals surface area contributed by atoms with Crippen molar-refractivity contribution < 1.29 is 4.74 Å². The summed E-state index contributed by atoms with van der Waals surface area (Å²) in [7, 11) is 5.51. The monoisotopic (exact) mass is 327 g/mol. The van der Waals surface area contributed by atoms with Crippen LogP contribution in [0.1, 0.15) is 17.4 Å². The van der Waals surface area contributed by atoms with Crippen LogP contribution in [-0.4, -0.2) is 40.3 Å². The summed E-state index contributed by atoms with van der Waals surface area (Å²) >= 11 is 3.56. The first-order chi connectivity index (χ1) is 9.17. The first-order valence-electron chi connectivity index (χ1n) is 6.04. The summed E-state index contributed by atoms with van der Waals surface area (Å²) in [5, 5.41) is 12.1. The Balaban J connectivity index is 2.34. The summed E-state index contributed by atoms with van der Waals surface area (Å²) < 4.78 is 9.81. The van der Waals surface area contributed by atoms with E-state index in [2.05, 4.69) is 31.4 Å². The molecule has 1 unspecified atom stereocenters. The molecule has 0 bridgehead atoms. The van der Waals surface area contributed by atoms with Crippen molar-refractivity contribution in [2.75, 3.05) is 20.8 Å². The second kappa shape index (κ2) is 6.31. The van der Waals surface area contributed by atoms with Gasteiger partial charge in [0.05, 0.1) is 41.3 Å². The maximum absolute atomic E-state index is 5.12. The highest BCUT2D eigenvalue weighted by atomic mass is 79.9. The lowest BCUT2D eigenvalue weighted by Crippen LogP contribution is -2.23. The zero-order valence-electron chi connectivity index (χ0n) is 11.3. The molecule has 2 heterocycles. The maximum atomic E-state index is 5.12. The van der Waals surface area contributed by atoms with E-state index in [-0.39, 0.29) is 6.04 Å². The molecule has 0 saturated carbocycles. The SMILES string of the molecule is CNC(c1ccn(C)n1)c1c(Br)cnn1CCOC. The highest BCUT2D eigenvalue weighted by Crippen LogP contribution is 2.27. The van der Waals surface area contributed by atoms with Crippen LogP contribution < -0.4 is 5.32 Å².